The monoisotopic (exact) mass is 369 g/mol. The van der Waals surface area contributed by atoms with Gasteiger partial charge < -0.3 is 19.5 Å². The number of carbonyl (C=O) groups is 2. The Bertz CT molecular complexity index is 780. The molecule has 2 aromatic heterocycles. The molecule has 8 heteroatoms. The third kappa shape index (κ3) is 3.85. The third-order valence-corrected chi connectivity index (χ3v) is 5.25. The maximum Gasteiger partial charge on any atom is 0.274 e. The minimum absolute atomic E-state index is 0.0353. The maximum absolute atomic E-state index is 12.9. The van der Waals surface area contributed by atoms with Crippen LogP contribution in [0.5, 0.6) is 0 Å². The van der Waals surface area contributed by atoms with E-state index in [1.807, 2.05) is 23.2 Å². The van der Waals surface area contributed by atoms with Gasteiger partial charge in [0.15, 0.2) is 0 Å². The van der Waals surface area contributed by atoms with Crippen LogP contribution in [0.3, 0.4) is 0 Å². The lowest BCUT2D eigenvalue weighted by molar-refractivity contribution is -0.140. The first kappa shape index (κ1) is 17.7. The molecule has 2 aromatic rings. The summed E-state index contributed by atoms with van der Waals surface area (Å²) in [6.45, 7) is 2.17. The van der Waals surface area contributed by atoms with Crippen molar-refractivity contribution in [2.24, 2.45) is 0 Å². The number of piperidine rings is 1. The molecule has 2 fully saturated rings. The van der Waals surface area contributed by atoms with Crippen LogP contribution in [0.15, 0.2) is 36.9 Å². The van der Waals surface area contributed by atoms with E-state index in [0.29, 0.717) is 44.8 Å². The molecule has 2 aliphatic heterocycles. The summed E-state index contributed by atoms with van der Waals surface area (Å²) in [7, 11) is 0. The second-order valence-corrected chi connectivity index (χ2v) is 6.89. The first-order valence-electron chi connectivity index (χ1n) is 9.31. The van der Waals surface area contributed by atoms with Gasteiger partial charge in [-0.05, 0) is 25.0 Å². The molecule has 2 atom stereocenters. The molecule has 2 aliphatic rings. The van der Waals surface area contributed by atoms with Crippen LogP contribution in [0, 0.1) is 0 Å². The lowest BCUT2D eigenvalue weighted by atomic mass is 9.97. The van der Waals surface area contributed by atoms with Crippen LogP contribution in [-0.4, -0.2) is 75.0 Å². The summed E-state index contributed by atoms with van der Waals surface area (Å²) in [5.74, 6) is -0.0393. The molecule has 2 saturated heterocycles. The van der Waals surface area contributed by atoms with Gasteiger partial charge in [0.25, 0.3) is 5.91 Å². The molecule has 0 bridgehead atoms. The number of H-pyrrole nitrogens is 1. The number of aryl methyl sites for hydroxylation is 1. The second-order valence-electron chi connectivity index (χ2n) is 6.89. The lowest BCUT2D eigenvalue weighted by Crippen LogP contribution is -2.62. The van der Waals surface area contributed by atoms with Crippen molar-refractivity contribution in [3.63, 3.8) is 0 Å². The largest absolute Gasteiger partial charge is 0.374 e. The molecule has 1 N–H and O–H groups in total. The van der Waals surface area contributed by atoms with Crippen molar-refractivity contribution in [2.45, 2.75) is 31.4 Å². The molecule has 8 nitrogen and oxygen atoms in total. The Morgan fingerprint density at radius 1 is 1.30 bits per heavy atom. The molecule has 142 valence electrons. The van der Waals surface area contributed by atoms with Crippen molar-refractivity contribution in [1.29, 1.82) is 0 Å². The van der Waals surface area contributed by atoms with E-state index < -0.39 is 0 Å². The minimum Gasteiger partial charge on any atom is -0.374 e. The van der Waals surface area contributed by atoms with Crippen molar-refractivity contribution >= 4 is 11.8 Å². The smallest absolute Gasteiger partial charge is 0.274 e. The highest BCUT2D eigenvalue weighted by atomic mass is 16.5. The molecule has 0 aromatic carbocycles. The molecule has 0 unspecified atom stereocenters. The lowest BCUT2D eigenvalue weighted by Gasteiger charge is -2.46. The zero-order chi connectivity index (χ0) is 18.6. The molecule has 27 heavy (non-hydrogen) atoms. The summed E-state index contributed by atoms with van der Waals surface area (Å²) in [4.78, 5) is 40.4. The van der Waals surface area contributed by atoms with Gasteiger partial charge in [-0.2, -0.15) is 0 Å². The number of ether oxygens (including phenoxy) is 1. The third-order valence-electron chi connectivity index (χ3n) is 5.25. The number of nitrogens with zero attached hydrogens (tertiary/aromatic N) is 4. The quantitative estimate of drug-likeness (QED) is 0.864. The van der Waals surface area contributed by atoms with Gasteiger partial charge in [-0.3, -0.25) is 14.6 Å². The van der Waals surface area contributed by atoms with Gasteiger partial charge in [0.1, 0.15) is 5.69 Å². The van der Waals surface area contributed by atoms with Crippen molar-refractivity contribution in [1.82, 2.24) is 24.8 Å². The van der Waals surface area contributed by atoms with Gasteiger partial charge in [0.05, 0.1) is 24.9 Å². The van der Waals surface area contributed by atoms with Gasteiger partial charge in [-0.15, -0.1) is 0 Å². The van der Waals surface area contributed by atoms with Crippen LogP contribution in [0.1, 0.15) is 29.0 Å². The summed E-state index contributed by atoms with van der Waals surface area (Å²) < 4.78 is 5.87. The Labute approximate surface area is 157 Å². The molecule has 0 saturated carbocycles. The molecular weight excluding hydrogens is 346 g/mol. The molecule has 2 amide bonds. The Morgan fingerprint density at radius 3 is 3.00 bits per heavy atom. The fourth-order valence-corrected chi connectivity index (χ4v) is 3.83. The number of fused-ring (bicyclic) bond motifs is 1. The average molecular weight is 369 g/mol. The zero-order valence-corrected chi connectivity index (χ0v) is 15.1. The molecule has 0 aliphatic carbocycles. The van der Waals surface area contributed by atoms with E-state index in [9.17, 15) is 9.59 Å². The van der Waals surface area contributed by atoms with Crippen LogP contribution in [0.25, 0.3) is 0 Å². The van der Waals surface area contributed by atoms with Crippen LogP contribution in [0.2, 0.25) is 0 Å². The zero-order valence-electron chi connectivity index (χ0n) is 15.1. The van der Waals surface area contributed by atoms with E-state index in [1.54, 1.807) is 11.1 Å². The van der Waals surface area contributed by atoms with E-state index in [1.165, 1.54) is 12.4 Å². The van der Waals surface area contributed by atoms with Gasteiger partial charge in [0.2, 0.25) is 5.91 Å². The SMILES string of the molecule is O=C(CCc1ccc[nH]1)N1CC[C@@H]2OCCN(C(=O)c3cnccn3)[C@H]2C1. The van der Waals surface area contributed by atoms with Crippen LogP contribution < -0.4 is 0 Å². The topological polar surface area (TPSA) is 91.4 Å². The highest BCUT2D eigenvalue weighted by Gasteiger charge is 2.40. The molecular formula is C19H23N5O3. The fourth-order valence-electron chi connectivity index (χ4n) is 3.83. The minimum atomic E-state index is -0.151. The number of carbonyl (C=O) groups excluding carboxylic acids is 2. The van der Waals surface area contributed by atoms with E-state index in [-0.39, 0.29) is 24.0 Å². The van der Waals surface area contributed by atoms with Crippen LogP contribution in [-0.2, 0) is 16.0 Å². The fraction of sp³-hybridized carbons (Fsp3) is 0.474. The standard InChI is InChI=1S/C19H23N5O3/c25-18(4-3-14-2-1-6-21-14)23-9-5-17-16(13-23)24(10-11-27-17)19(26)15-12-20-7-8-22-15/h1-2,6-8,12,16-17,21H,3-5,9-11,13H2/t16-,17-/m0/s1. The summed E-state index contributed by atoms with van der Waals surface area (Å²) in [6.07, 6.45) is 8.25. The van der Waals surface area contributed by atoms with Gasteiger partial charge in [-0.1, -0.05) is 0 Å². The number of rotatable bonds is 4. The highest BCUT2D eigenvalue weighted by Crippen LogP contribution is 2.25. The average Bonchev–Trinajstić information content (AvgIpc) is 3.25. The highest BCUT2D eigenvalue weighted by molar-refractivity contribution is 5.92. The van der Waals surface area contributed by atoms with Crippen molar-refractivity contribution < 1.29 is 14.3 Å². The second kappa shape index (κ2) is 7.87. The van der Waals surface area contributed by atoms with E-state index in [4.69, 9.17) is 4.74 Å². The first-order chi connectivity index (χ1) is 13.2. The van der Waals surface area contributed by atoms with E-state index >= 15 is 0 Å². The molecule has 0 radical (unpaired) electrons. The number of likely N-dealkylation sites (tertiary alicyclic amines) is 1. The first-order valence-corrected chi connectivity index (χ1v) is 9.31. The number of aromatic amines is 1. The van der Waals surface area contributed by atoms with Crippen molar-refractivity contribution in [3.8, 4) is 0 Å². The van der Waals surface area contributed by atoms with Crippen molar-refractivity contribution in [3.05, 3.63) is 48.3 Å². The molecule has 4 heterocycles. The Kier molecular flexibility index (Phi) is 5.15. The van der Waals surface area contributed by atoms with Gasteiger partial charge in [-0.25, -0.2) is 4.98 Å². The number of aromatic nitrogens is 3. The normalized spacial score (nSPS) is 22.4. The van der Waals surface area contributed by atoms with Crippen LogP contribution >= 0.6 is 0 Å². The number of hydrogen-bond donors (Lipinski definition) is 1. The Hall–Kier alpha value is -2.74. The number of amides is 2. The molecule has 4 rings (SSSR count). The van der Waals surface area contributed by atoms with E-state index in [2.05, 4.69) is 15.0 Å². The van der Waals surface area contributed by atoms with Crippen LogP contribution in [0.4, 0.5) is 0 Å². The summed E-state index contributed by atoms with van der Waals surface area (Å²) >= 11 is 0. The molecule has 0 spiro atoms. The summed E-state index contributed by atoms with van der Waals surface area (Å²) in [5.41, 5.74) is 1.38. The van der Waals surface area contributed by atoms with E-state index in [0.717, 1.165) is 12.1 Å². The number of nitrogens with one attached hydrogen (secondary N) is 1. The number of hydrogen-bond acceptors (Lipinski definition) is 5. The predicted octanol–water partition coefficient (Wildman–Crippen LogP) is 0.879. The Balaban J connectivity index is 1.42. The van der Waals surface area contributed by atoms with Crippen molar-refractivity contribution in [2.75, 3.05) is 26.2 Å². The summed E-state index contributed by atoms with van der Waals surface area (Å²) in [5, 5.41) is 0. The van der Waals surface area contributed by atoms with Gasteiger partial charge >= 0.3 is 0 Å². The van der Waals surface area contributed by atoms with Gasteiger partial charge in [0, 0.05) is 50.3 Å². The number of morpholine rings is 1. The summed E-state index contributed by atoms with van der Waals surface area (Å²) in [6, 6.07) is 3.77. The Morgan fingerprint density at radius 2 is 2.22 bits per heavy atom. The predicted molar refractivity (Wildman–Crippen MR) is 96.9 cm³/mol. The maximum atomic E-state index is 12.9.